The molecule has 1 heterocycles. The molecular formula is C13H20N2O2S. The summed E-state index contributed by atoms with van der Waals surface area (Å²) in [6, 6.07) is 3.78. The third-order valence-corrected chi connectivity index (χ3v) is 3.71. The van der Waals surface area contributed by atoms with Gasteiger partial charge in [0.05, 0.1) is 11.3 Å². The third-order valence-electron chi connectivity index (χ3n) is 3.06. The van der Waals surface area contributed by atoms with Crippen molar-refractivity contribution in [3.8, 4) is 0 Å². The molecule has 0 aromatic carbocycles. The predicted octanol–water partition coefficient (Wildman–Crippen LogP) is 2.67. The maximum absolute atomic E-state index is 10.9. The Balaban J connectivity index is 2.83. The molecule has 1 N–H and O–H groups in total. The molecule has 0 amide bonds. The second-order valence-corrected chi connectivity index (χ2v) is 5.33. The van der Waals surface area contributed by atoms with E-state index in [2.05, 4.69) is 23.1 Å². The lowest BCUT2D eigenvalue weighted by Crippen LogP contribution is -2.30. The molecule has 1 rings (SSSR count). The minimum atomic E-state index is -0.926. The van der Waals surface area contributed by atoms with E-state index in [4.69, 9.17) is 5.11 Å². The Morgan fingerprint density at radius 3 is 2.72 bits per heavy atom. The molecule has 1 aromatic rings. The first-order valence-corrected chi connectivity index (χ1v) is 7.29. The summed E-state index contributed by atoms with van der Waals surface area (Å²) in [5.74, 6) is 1.01. The molecule has 0 aliphatic rings. The van der Waals surface area contributed by atoms with Crippen LogP contribution in [0.2, 0.25) is 0 Å². The Hall–Kier alpha value is -1.23. The maximum Gasteiger partial charge on any atom is 0.337 e. The molecule has 1 atom stereocenters. The molecule has 0 saturated carbocycles. The standard InChI is InChI=1S/C13H20N2O2S/c1-9(7-8-18-4)15(3)12-6-5-11(13(16)17)10(2)14-12/h5-6,9H,7-8H2,1-4H3,(H,16,17). The van der Waals surface area contributed by atoms with Gasteiger partial charge in [-0.15, -0.1) is 0 Å². The third kappa shape index (κ3) is 3.63. The van der Waals surface area contributed by atoms with Crippen molar-refractivity contribution in [3.63, 3.8) is 0 Å². The summed E-state index contributed by atoms with van der Waals surface area (Å²) >= 11 is 1.83. The molecule has 0 aliphatic carbocycles. The molecular weight excluding hydrogens is 248 g/mol. The molecule has 4 nitrogen and oxygen atoms in total. The molecule has 0 radical (unpaired) electrons. The van der Waals surface area contributed by atoms with E-state index in [-0.39, 0.29) is 5.56 Å². The Labute approximate surface area is 112 Å². The fraction of sp³-hybridized carbons (Fsp3) is 0.538. The van der Waals surface area contributed by atoms with Gasteiger partial charge in [-0.1, -0.05) is 0 Å². The Morgan fingerprint density at radius 1 is 1.56 bits per heavy atom. The van der Waals surface area contributed by atoms with Gasteiger partial charge in [-0.3, -0.25) is 0 Å². The van der Waals surface area contributed by atoms with E-state index in [0.717, 1.165) is 18.0 Å². The average molecular weight is 268 g/mol. The molecule has 0 saturated heterocycles. The first-order chi connectivity index (χ1) is 8.47. The van der Waals surface area contributed by atoms with Crippen molar-refractivity contribution in [1.29, 1.82) is 0 Å². The lowest BCUT2D eigenvalue weighted by molar-refractivity contribution is 0.0695. The van der Waals surface area contributed by atoms with Crippen LogP contribution in [0.4, 0.5) is 5.82 Å². The number of hydrogen-bond donors (Lipinski definition) is 1. The highest BCUT2D eigenvalue weighted by atomic mass is 32.2. The van der Waals surface area contributed by atoms with Crippen LogP contribution >= 0.6 is 11.8 Å². The van der Waals surface area contributed by atoms with Gasteiger partial charge in [0, 0.05) is 13.1 Å². The number of rotatable bonds is 6. The zero-order valence-corrected chi connectivity index (χ0v) is 12.1. The van der Waals surface area contributed by atoms with Crippen molar-refractivity contribution in [1.82, 2.24) is 4.98 Å². The van der Waals surface area contributed by atoms with Crippen LogP contribution in [-0.2, 0) is 0 Å². The zero-order chi connectivity index (χ0) is 13.7. The highest BCUT2D eigenvalue weighted by Crippen LogP contribution is 2.17. The largest absolute Gasteiger partial charge is 0.478 e. The van der Waals surface area contributed by atoms with E-state index in [1.165, 1.54) is 0 Å². The van der Waals surface area contributed by atoms with Gasteiger partial charge in [0.15, 0.2) is 0 Å². The molecule has 0 aliphatic heterocycles. The summed E-state index contributed by atoms with van der Waals surface area (Å²) in [5, 5.41) is 8.96. The van der Waals surface area contributed by atoms with Crippen LogP contribution < -0.4 is 4.90 Å². The van der Waals surface area contributed by atoms with Crippen LogP contribution in [0.1, 0.15) is 29.4 Å². The smallest absolute Gasteiger partial charge is 0.337 e. The molecule has 0 bridgehead atoms. The van der Waals surface area contributed by atoms with Crippen LogP contribution in [0, 0.1) is 6.92 Å². The second kappa shape index (κ2) is 6.64. The average Bonchev–Trinajstić information content (AvgIpc) is 2.34. The monoisotopic (exact) mass is 268 g/mol. The van der Waals surface area contributed by atoms with Gasteiger partial charge in [0.1, 0.15) is 5.82 Å². The number of aryl methyl sites for hydroxylation is 1. The highest BCUT2D eigenvalue weighted by molar-refractivity contribution is 7.98. The van der Waals surface area contributed by atoms with E-state index in [1.807, 2.05) is 18.8 Å². The zero-order valence-electron chi connectivity index (χ0n) is 11.3. The van der Waals surface area contributed by atoms with Crippen molar-refractivity contribution in [2.75, 3.05) is 24.0 Å². The summed E-state index contributed by atoms with van der Waals surface area (Å²) in [7, 11) is 1.99. The van der Waals surface area contributed by atoms with Crippen LogP contribution in [0.15, 0.2) is 12.1 Å². The summed E-state index contributed by atoms with van der Waals surface area (Å²) < 4.78 is 0. The number of carboxylic acids is 1. The Kier molecular flexibility index (Phi) is 5.47. The molecule has 1 aromatic heterocycles. The van der Waals surface area contributed by atoms with Crippen molar-refractivity contribution in [2.24, 2.45) is 0 Å². The molecule has 1 unspecified atom stereocenters. The predicted molar refractivity (Wildman–Crippen MR) is 76.8 cm³/mol. The SMILES string of the molecule is CSCCC(C)N(C)c1ccc(C(=O)O)c(C)n1. The van der Waals surface area contributed by atoms with Crippen LogP contribution in [-0.4, -0.2) is 41.2 Å². The maximum atomic E-state index is 10.9. The summed E-state index contributed by atoms with van der Waals surface area (Å²) in [6.45, 7) is 3.88. The molecule has 5 heteroatoms. The van der Waals surface area contributed by atoms with Crippen molar-refractivity contribution in [2.45, 2.75) is 26.3 Å². The number of aromatic nitrogens is 1. The lowest BCUT2D eigenvalue weighted by atomic mass is 10.2. The molecule has 100 valence electrons. The minimum Gasteiger partial charge on any atom is -0.478 e. The number of thioether (sulfide) groups is 1. The van der Waals surface area contributed by atoms with E-state index in [0.29, 0.717) is 11.7 Å². The first kappa shape index (κ1) is 14.8. The van der Waals surface area contributed by atoms with Gasteiger partial charge in [-0.05, 0) is 44.4 Å². The van der Waals surface area contributed by atoms with E-state index < -0.39 is 5.97 Å². The van der Waals surface area contributed by atoms with E-state index in [9.17, 15) is 4.79 Å². The summed E-state index contributed by atoms with van der Waals surface area (Å²) in [5.41, 5.74) is 0.827. The fourth-order valence-corrected chi connectivity index (χ4v) is 2.25. The number of anilines is 1. The molecule has 0 spiro atoms. The normalized spacial score (nSPS) is 12.2. The molecule has 0 fully saturated rings. The number of carboxylic acid groups (broad SMARTS) is 1. The van der Waals surface area contributed by atoms with E-state index in [1.54, 1.807) is 19.1 Å². The van der Waals surface area contributed by atoms with Crippen LogP contribution in [0.25, 0.3) is 0 Å². The van der Waals surface area contributed by atoms with Gasteiger partial charge in [-0.25, -0.2) is 9.78 Å². The van der Waals surface area contributed by atoms with Crippen LogP contribution in [0.3, 0.4) is 0 Å². The quantitative estimate of drug-likeness (QED) is 0.859. The summed E-state index contributed by atoms with van der Waals surface area (Å²) in [6.07, 6.45) is 3.18. The van der Waals surface area contributed by atoms with Gasteiger partial charge in [0.2, 0.25) is 0 Å². The highest BCUT2D eigenvalue weighted by Gasteiger charge is 2.14. The van der Waals surface area contributed by atoms with E-state index >= 15 is 0 Å². The fourth-order valence-electron chi connectivity index (χ4n) is 1.68. The summed E-state index contributed by atoms with van der Waals surface area (Å²) in [4.78, 5) is 17.4. The number of pyridine rings is 1. The van der Waals surface area contributed by atoms with Crippen molar-refractivity contribution in [3.05, 3.63) is 23.4 Å². The lowest BCUT2D eigenvalue weighted by Gasteiger charge is -2.26. The Morgan fingerprint density at radius 2 is 2.22 bits per heavy atom. The number of aromatic carboxylic acids is 1. The minimum absolute atomic E-state index is 0.268. The first-order valence-electron chi connectivity index (χ1n) is 5.90. The van der Waals surface area contributed by atoms with Gasteiger partial charge >= 0.3 is 5.97 Å². The van der Waals surface area contributed by atoms with Crippen molar-refractivity contribution < 1.29 is 9.90 Å². The number of nitrogens with zero attached hydrogens (tertiary/aromatic N) is 2. The topological polar surface area (TPSA) is 53.4 Å². The number of hydrogen-bond acceptors (Lipinski definition) is 4. The van der Waals surface area contributed by atoms with Crippen molar-refractivity contribution >= 4 is 23.5 Å². The van der Waals surface area contributed by atoms with Gasteiger partial charge < -0.3 is 10.0 Å². The van der Waals surface area contributed by atoms with Gasteiger partial charge in [-0.2, -0.15) is 11.8 Å². The second-order valence-electron chi connectivity index (χ2n) is 4.35. The van der Waals surface area contributed by atoms with Gasteiger partial charge in [0.25, 0.3) is 0 Å². The Bertz CT molecular complexity index is 423. The molecule has 18 heavy (non-hydrogen) atoms. The van der Waals surface area contributed by atoms with Crippen LogP contribution in [0.5, 0.6) is 0 Å². The number of carbonyl (C=O) groups is 1.